The Morgan fingerprint density at radius 3 is 2.43 bits per heavy atom. The monoisotopic (exact) mass is 474 g/mol. The van der Waals surface area contributed by atoms with E-state index in [1.165, 1.54) is 6.33 Å². The lowest BCUT2D eigenvalue weighted by Crippen LogP contribution is -2.25. The Labute approximate surface area is 203 Å². The van der Waals surface area contributed by atoms with Gasteiger partial charge in [-0.25, -0.2) is 4.98 Å². The summed E-state index contributed by atoms with van der Waals surface area (Å²) in [5.74, 6) is 0.0395. The molecule has 2 atom stereocenters. The maximum Gasteiger partial charge on any atom is 0.275 e. The largest absolute Gasteiger partial charge is 0.396 e. The number of aromatic amines is 1. The smallest absolute Gasteiger partial charge is 0.275 e. The number of nitrogens with zero attached hydrogens (tertiary/aromatic N) is 3. The van der Waals surface area contributed by atoms with E-state index in [2.05, 4.69) is 14.9 Å². The summed E-state index contributed by atoms with van der Waals surface area (Å²) in [4.78, 5) is 22.0. The number of H-pyrrole nitrogens is 1. The van der Waals surface area contributed by atoms with Crippen molar-refractivity contribution in [3.05, 3.63) is 100 Å². The average molecular weight is 475 g/mol. The van der Waals surface area contributed by atoms with Crippen LogP contribution in [-0.2, 0) is 36.0 Å². The third-order valence-electron chi connectivity index (χ3n) is 6.47. The molecule has 0 amide bonds. The highest BCUT2D eigenvalue weighted by Gasteiger charge is 2.33. The topological polar surface area (TPSA) is 92.6 Å². The van der Waals surface area contributed by atoms with E-state index < -0.39 is 0 Å². The number of aliphatic hydroxyl groups excluding tert-OH is 1. The van der Waals surface area contributed by atoms with Crippen molar-refractivity contribution in [1.82, 2.24) is 19.4 Å². The highest BCUT2D eigenvalue weighted by Crippen LogP contribution is 2.25. The second-order valence-corrected chi connectivity index (χ2v) is 8.99. The number of fused-ring (bicyclic) bond motifs is 1. The van der Waals surface area contributed by atoms with Crippen molar-refractivity contribution in [2.75, 3.05) is 19.7 Å². The Hall–Kier alpha value is -3.30. The van der Waals surface area contributed by atoms with Crippen molar-refractivity contribution >= 4 is 11.0 Å². The molecule has 1 aliphatic heterocycles. The fourth-order valence-corrected chi connectivity index (χ4v) is 4.70. The Balaban J connectivity index is 1.28. The van der Waals surface area contributed by atoms with Crippen molar-refractivity contribution < 1.29 is 14.6 Å². The molecule has 0 bridgehead atoms. The number of aromatic nitrogens is 3. The molecule has 2 N–H and O–H groups in total. The second kappa shape index (κ2) is 11.0. The maximum atomic E-state index is 12.6. The molecule has 182 valence electrons. The molecule has 1 saturated heterocycles. The van der Waals surface area contributed by atoms with Crippen LogP contribution in [0.25, 0.3) is 11.0 Å². The molecule has 1 aliphatic rings. The number of nitrogens with one attached hydrogen (secondary N) is 1. The molecule has 0 spiro atoms. The fraction of sp³-hybridized carbons (Fsp3) is 0.333. The first kappa shape index (κ1) is 23.4. The van der Waals surface area contributed by atoms with Crippen LogP contribution in [-0.4, -0.2) is 50.3 Å². The normalized spacial score (nSPS) is 18.4. The molecule has 4 aromatic rings. The third-order valence-corrected chi connectivity index (χ3v) is 6.47. The van der Waals surface area contributed by atoms with E-state index in [9.17, 15) is 9.90 Å². The number of hydrogen-bond donors (Lipinski definition) is 2. The van der Waals surface area contributed by atoms with Crippen molar-refractivity contribution in [2.45, 2.75) is 32.6 Å². The fourth-order valence-electron chi connectivity index (χ4n) is 4.70. The minimum absolute atomic E-state index is 0.0395. The minimum Gasteiger partial charge on any atom is -0.396 e. The summed E-state index contributed by atoms with van der Waals surface area (Å²) in [5, 5.41) is 9.94. The summed E-state index contributed by atoms with van der Waals surface area (Å²) in [6.07, 6.45) is 3.33. The van der Waals surface area contributed by atoms with Gasteiger partial charge in [0.1, 0.15) is 17.8 Å². The number of aliphatic hydroxyl groups is 1. The Morgan fingerprint density at radius 2 is 1.71 bits per heavy atom. The lowest BCUT2D eigenvalue weighted by atomic mass is 10.1. The summed E-state index contributed by atoms with van der Waals surface area (Å²) < 4.78 is 13.9. The van der Waals surface area contributed by atoms with Gasteiger partial charge in [-0.2, -0.15) is 0 Å². The van der Waals surface area contributed by atoms with Crippen LogP contribution < -0.4 is 5.56 Å². The van der Waals surface area contributed by atoms with E-state index in [0.29, 0.717) is 37.3 Å². The lowest BCUT2D eigenvalue weighted by Gasteiger charge is -2.17. The molecule has 3 heterocycles. The summed E-state index contributed by atoms with van der Waals surface area (Å²) in [6.45, 7) is 3.34. The van der Waals surface area contributed by atoms with Gasteiger partial charge in [0.2, 0.25) is 0 Å². The second-order valence-electron chi connectivity index (χ2n) is 8.99. The van der Waals surface area contributed by atoms with Gasteiger partial charge in [-0.1, -0.05) is 60.7 Å². The van der Waals surface area contributed by atoms with Crippen LogP contribution in [0.1, 0.15) is 16.7 Å². The van der Waals surface area contributed by atoms with Crippen LogP contribution in [0.3, 0.4) is 0 Å². The van der Waals surface area contributed by atoms with Gasteiger partial charge in [0.05, 0.1) is 25.6 Å². The van der Waals surface area contributed by atoms with Crippen LogP contribution in [0.15, 0.2) is 78.0 Å². The van der Waals surface area contributed by atoms with Gasteiger partial charge in [0, 0.05) is 43.9 Å². The van der Waals surface area contributed by atoms with Gasteiger partial charge in [-0.05, 0) is 11.1 Å². The van der Waals surface area contributed by atoms with E-state index in [0.717, 1.165) is 23.2 Å². The molecule has 0 radical (unpaired) electrons. The quantitative estimate of drug-likeness (QED) is 0.367. The predicted molar refractivity (Wildman–Crippen MR) is 132 cm³/mol. The number of benzene rings is 2. The summed E-state index contributed by atoms with van der Waals surface area (Å²) in [7, 11) is 0. The number of likely N-dealkylation sites (tertiary alicyclic amines) is 1. The van der Waals surface area contributed by atoms with Gasteiger partial charge in [0.15, 0.2) is 0 Å². The van der Waals surface area contributed by atoms with E-state index >= 15 is 0 Å². The first-order valence-electron chi connectivity index (χ1n) is 11.9. The molecule has 5 rings (SSSR count). The standard InChI is InChI=1S/C27H30N4O4/c32-15-23-12-30(14-24(23)35-17-21-9-5-2-6-10-21)11-22-13-31(26-25(22)28-18-29-27(26)33)19-34-16-20-7-3-1-4-8-20/h1-10,13,18,23-24,32H,11-12,14-17,19H2,(H,28,29,33)/t23-,24?/m1/s1. The SMILES string of the molecule is O=c1[nH]cnc2c(CN3CC(OCc4ccccc4)[C@@H](CO)C3)cn(COCc3ccccc3)c12. The molecule has 2 aromatic heterocycles. The van der Waals surface area contributed by atoms with Gasteiger partial charge in [-0.15, -0.1) is 0 Å². The number of rotatable bonds is 10. The Bertz CT molecular complexity index is 1290. The van der Waals surface area contributed by atoms with E-state index in [1.807, 2.05) is 71.4 Å². The molecule has 0 aliphatic carbocycles. The molecule has 8 nitrogen and oxygen atoms in total. The molecule has 2 aromatic carbocycles. The van der Waals surface area contributed by atoms with Gasteiger partial charge in [0.25, 0.3) is 5.56 Å². The van der Waals surface area contributed by atoms with Crippen molar-refractivity contribution in [2.24, 2.45) is 5.92 Å². The zero-order valence-electron chi connectivity index (χ0n) is 19.5. The Kier molecular flexibility index (Phi) is 7.34. The van der Waals surface area contributed by atoms with Crippen LogP contribution >= 0.6 is 0 Å². The first-order chi connectivity index (χ1) is 17.2. The average Bonchev–Trinajstić information content (AvgIpc) is 3.45. The number of hydrogen-bond acceptors (Lipinski definition) is 6. The van der Waals surface area contributed by atoms with Crippen LogP contribution in [0, 0.1) is 5.92 Å². The van der Waals surface area contributed by atoms with Crippen LogP contribution in [0.4, 0.5) is 0 Å². The van der Waals surface area contributed by atoms with E-state index in [-0.39, 0.29) is 30.9 Å². The van der Waals surface area contributed by atoms with Gasteiger partial charge in [-0.3, -0.25) is 9.69 Å². The summed E-state index contributed by atoms with van der Waals surface area (Å²) in [5.41, 5.74) is 4.13. The minimum atomic E-state index is -0.191. The molecule has 0 saturated carbocycles. The van der Waals surface area contributed by atoms with E-state index in [1.54, 1.807) is 0 Å². The van der Waals surface area contributed by atoms with Gasteiger partial charge < -0.3 is 24.1 Å². The van der Waals surface area contributed by atoms with Crippen molar-refractivity contribution in [3.63, 3.8) is 0 Å². The summed E-state index contributed by atoms with van der Waals surface area (Å²) in [6, 6.07) is 20.0. The molecular weight excluding hydrogens is 444 g/mol. The van der Waals surface area contributed by atoms with Crippen molar-refractivity contribution in [1.29, 1.82) is 0 Å². The lowest BCUT2D eigenvalue weighted by molar-refractivity contribution is 0.00783. The first-order valence-corrected chi connectivity index (χ1v) is 11.9. The van der Waals surface area contributed by atoms with Gasteiger partial charge >= 0.3 is 0 Å². The van der Waals surface area contributed by atoms with Crippen LogP contribution in [0.5, 0.6) is 0 Å². The molecule has 1 fully saturated rings. The van der Waals surface area contributed by atoms with E-state index in [4.69, 9.17) is 9.47 Å². The molecule has 35 heavy (non-hydrogen) atoms. The van der Waals surface area contributed by atoms with Crippen molar-refractivity contribution in [3.8, 4) is 0 Å². The summed E-state index contributed by atoms with van der Waals surface area (Å²) >= 11 is 0. The third kappa shape index (κ3) is 5.52. The zero-order valence-corrected chi connectivity index (χ0v) is 19.5. The molecule has 8 heteroatoms. The molecular formula is C27H30N4O4. The van der Waals surface area contributed by atoms with Crippen LogP contribution in [0.2, 0.25) is 0 Å². The molecule has 1 unspecified atom stereocenters. The maximum absolute atomic E-state index is 12.6. The predicted octanol–water partition coefficient (Wildman–Crippen LogP) is 2.91. The highest BCUT2D eigenvalue weighted by atomic mass is 16.5. The highest BCUT2D eigenvalue weighted by molar-refractivity contribution is 5.78. The number of ether oxygens (including phenoxy) is 2. The Morgan fingerprint density at radius 1 is 1.00 bits per heavy atom. The zero-order chi connectivity index (χ0) is 24.0.